The van der Waals surface area contributed by atoms with Crippen LogP contribution in [-0.2, 0) is 14.6 Å². The molecule has 40 heavy (non-hydrogen) atoms. The van der Waals surface area contributed by atoms with Gasteiger partial charge in [0.05, 0.1) is 31.6 Å². The van der Waals surface area contributed by atoms with Gasteiger partial charge >= 0.3 is 10.2 Å². The van der Waals surface area contributed by atoms with E-state index in [1.165, 1.54) is 4.31 Å². The molecule has 1 saturated heterocycles. The van der Waals surface area contributed by atoms with E-state index in [9.17, 15) is 8.42 Å². The first-order valence-electron chi connectivity index (χ1n) is 13.7. The van der Waals surface area contributed by atoms with Gasteiger partial charge in [-0.2, -0.15) is 12.8 Å². The molecule has 0 amide bonds. The molecule has 12 heteroatoms. The van der Waals surface area contributed by atoms with Crippen LogP contribution >= 0.6 is 0 Å². The third kappa shape index (κ3) is 6.13. The number of anilines is 1. The van der Waals surface area contributed by atoms with Gasteiger partial charge in [-0.3, -0.25) is 4.31 Å². The molecule has 0 saturated carbocycles. The Morgan fingerprint density at radius 3 is 2.42 bits per heavy atom. The summed E-state index contributed by atoms with van der Waals surface area (Å²) < 4.78 is 48.8. The number of benzene rings is 1. The van der Waals surface area contributed by atoms with Crippen molar-refractivity contribution in [2.24, 2.45) is 16.2 Å². The summed E-state index contributed by atoms with van der Waals surface area (Å²) in [6, 6.07) is 3.80. The Balaban J connectivity index is 1.66. The maximum atomic E-state index is 12.7. The summed E-state index contributed by atoms with van der Waals surface area (Å²) in [4.78, 5) is 11.4. The highest BCUT2D eigenvalue weighted by Crippen LogP contribution is 2.42. The van der Waals surface area contributed by atoms with E-state index in [1.54, 1.807) is 39.7 Å². The molecule has 220 valence electrons. The van der Waals surface area contributed by atoms with Crippen molar-refractivity contribution >= 4 is 41.0 Å². The summed E-state index contributed by atoms with van der Waals surface area (Å²) in [5, 5.41) is 0.912. The highest BCUT2D eigenvalue weighted by Gasteiger charge is 2.44. The number of rotatable bonds is 8. The minimum absolute atomic E-state index is 0.0276. The monoisotopic (exact) mass is 589 g/mol. The average molecular weight is 590 g/mol. The second-order valence-corrected chi connectivity index (χ2v) is 18.6. The SMILES string of the molecule is COc1cc2ncnc(N3CCC(C(C)CN4C=CC(C)=NS4(=O)=O)C(O[Si](C)(C)C(C)(C)C)C3)c2cc1OC. The number of aromatic nitrogens is 2. The van der Waals surface area contributed by atoms with Gasteiger partial charge in [0, 0.05) is 37.3 Å². The molecule has 0 aliphatic carbocycles. The fourth-order valence-electron chi connectivity index (χ4n) is 5.19. The lowest BCUT2D eigenvalue weighted by atomic mass is 9.83. The molecule has 2 aromatic rings. The summed E-state index contributed by atoms with van der Waals surface area (Å²) in [6.45, 7) is 16.8. The van der Waals surface area contributed by atoms with E-state index >= 15 is 0 Å². The first kappa shape index (κ1) is 30.3. The van der Waals surface area contributed by atoms with Crippen LogP contribution in [0.1, 0.15) is 41.0 Å². The fourth-order valence-corrected chi connectivity index (χ4v) is 7.71. The Morgan fingerprint density at radius 1 is 1.12 bits per heavy atom. The lowest BCUT2D eigenvalue weighted by molar-refractivity contribution is 0.0672. The number of hydrogen-bond donors (Lipinski definition) is 0. The van der Waals surface area contributed by atoms with Crippen molar-refractivity contribution in [1.82, 2.24) is 14.3 Å². The van der Waals surface area contributed by atoms with Gasteiger partial charge in [-0.15, -0.1) is 0 Å². The van der Waals surface area contributed by atoms with Gasteiger partial charge < -0.3 is 18.8 Å². The quantitative estimate of drug-likeness (QED) is 0.395. The lowest BCUT2D eigenvalue weighted by Crippen LogP contribution is -2.54. The van der Waals surface area contributed by atoms with Crippen molar-refractivity contribution in [2.45, 2.75) is 65.3 Å². The molecule has 4 rings (SSSR count). The summed E-state index contributed by atoms with van der Waals surface area (Å²) >= 11 is 0. The van der Waals surface area contributed by atoms with Gasteiger partial charge in [-0.25, -0.2) is 9.97 Å². The summed E-state index contributed by atoms with van der Waals surface area (Å²) in [7, 11) is -2.64. The number of ether oxygens (including phenoxy) is 2. The number of methoxy groups -OCH3 is 2. The summed E-state index contributed by atoms with van der Waals surface area (Å²) in [5.74, 6) is 2.28. The summed E-state index contributed by atoms with van der Waals surface area (Å²) in [5.41, 5.74) is 1.26. The van der Waals surface area contributed by atoms with Gasteiger partial charge in [0.15, 0.2) is 19.8 Å². The van der Waals surface area contributed by atoms with Gasteiger partial charge in [-0.1, -0.05) is 27.7 Å². The standard InChI is InChI=1S/C28H43N5O5SSi/c1-19(16-33-13-10-20(2)31-39(33,34)35)21-11-12-32(17-26(21)38-40(8,9)28(3,4)5)27-22-14-24(36-6)25(37-7)15-23(22)29-18-30-27/h10,13-15,18-19,21,26H,11-12,16-17H2,1-9H3. The van der Waals surface area contributed by atoms with E-state index < -0.39 is 18.5 Å². The molecule has 1 aromatic heterocycles. The third-order valence-corrected chi connectivity index (χ3v) is 14.4. The van der Waals surface area contributed by atoms with Crippen molar-refractivity contribution in [3.05, 3.63) is 30.7 Å². The van der Waals surface area contributed by atoms with Crippen LogP contribution in [0, 0.1) is 11.8 Å². The highest BCUT2D eigenvalue weighted by atomic mass is 32.2. The fraction of sp³-hybridized carbons (Fsp3) is 0.607. The molecular weight excluding hydrogens is 546 g/mol. The van der Waals surface area contributed by atoms with Crippen LogP contribution in [0.2, 0.25) is 18.1 Å². The van der Waals surface area contributed by atoms with Crippen LogP contribution < -0.4 is 14.4 Å². The average Bonchev–Trinajstić information content (AvgIpc) is 2.87. The smallest absolute Gasteiger partial charge is 0.344 e. The molecule has 10 nitrogen and oxygen atoms in total. The third-order valence-electron chi connectivity index (χ3n) is 8.52. The molecule has 1 fully saturated rings. The molecule has 0 N–H and O–H groups in total. The molecule has 2 aliphatic rings. The molecule has 3 unspecified atom stereocenters. The van der Waals surface area contributed by atoms with E-state index in [4.69, 9.17) is 18.9 Å². The molecule has 2 aliphatic heterocycles. The topological polar surface area (TPSA) is 106 Å². The maximum Gasteiger partial charge on any atom is 0.344 e. The molecular formula is C28H43N5O5SSi. The second-order valence-electron chi connectivity index (χ2n) is 12.3. The zero-order chi connectivity index (χ0) is 29.5. The number of piperidine rings is 1. The first-order chi connectivity index (χ1) is 18.7. The predicted octanol–water partition coefficient (Wildman–Crippen LogP) is 5.03. The zero-order valence-electron chi connectivity index (χ0n) is 25.1. The Morgan fingerprint density at radius 2 is 1.80 bits per heavy atom. The number of allylic oxidation sites excluding steroid dienone is 1. The van der Waals surface area contributed by atoms with E-state index in [1.807, 2.05) is 12.1 Å². The molecule has 1 aromatic carbocycles. The van der Waals surface area contributed by atoms with Gasteiger partial charge in [0.25, 0.3) is 0 Å². The van der Waals surface area contributed by atoms with Crippen molar-refractivity contribution in [1.29, 1.82) is 0 Å². The Bertz CT molecular complexity index is 1410. The Labute approximate surface area is 239 Å². The van der Waals surface area contributed by atoms with Gasteiger partial charge in [-0.05, 0) is 55.5 Å². The van der Waals surface area contributed by atoms with Crippen LogP contribution in [0.15, 0.2) is 35.1 Å². The highest BCUT2D eigenvalue weighted by molar-refractivity contribution is 7.88. The molecule has 3 heterocycles. The van der Waals surface area contributed by atoms with E-state index in [0.29, 0.717) is 30.3 Å². The van der Waals surface area contributed by atoms with Crippen molar-refractivity contribution in [2.75, 3.05) is 38.8 Å². The first-order valence-corrected chi connectivity index (χ1v) is 18.0. The van der Waals surface area contributed by atoms with Crippen molar-refractivity contribution in [3.8, 4) is 11.5 Å². The number of nitrogens with zero attached hydrogens (tertiary/aromatic N) is 5. The minimum Gasteiger partial charge on any atom is -0.493 e. The Hall–Kier alpha value is -2.70. The molecule has 0 bridgehead atoms. The van der Waals surface area contributed by atoms with Gasteiger partial charge in [0.1, 0.15) is 12.1 Å². The van der Waals surface area contributed by atoms with Crippen molar-refractivity contribution in [3.63, 3.8) is 0 Å². The van der Waals surface area contributed by atoms with Gasteiger partial charge in [0.2, 0.25) is 0 Å². The number of fused-ring (bicyclic) bond motifs is 1. The molecule has 0 spiro atoms. The normalized spacial score (nSPS) is 22.3. The van der Waals surface area contributed by atoms with Crippen LogP contribution in [0.25, 0.3) is 10.9 Å². The largest absolute Gasteiger partial charge is 0.493 e. The van der Waals surface area contributed by atoms with E-state index in [-0.39, 0.29) is 23.0 Å². The lowest BCUT2D eigenvalue weighted by Gasteiger charge is -2.47. The second kappa shape index (κ2) is 11.3. The minimum atomic E-state index is -3.72. The van der Waals surface area contributed by atoms with E-state index in [0.717, 1.165) is 29.7 Å². The van der Waals surface area contributed by atoms with Crippen molar-refractivity contribution < 1.29 is 22.3 Å². The molecule has 3 atom stereocenters. The maximum absolute atomic E-state index is 12.7. The van der Waals surface area contributed by atoms with Crippen LogP contribution in [0.3, 0.4) is 0 Å². The molecule has 0 radical (unpaired) electrons. The predicted molar refractivity (Wildman–Crippen MR) is 162 cm³/mol. The summed E-state index contributed by atoms with van der Waals surface area (Å²) in [6.07, 6.45) is 5.68. The number of hydrogen-bond acceptors (Lipinski definition) is 8. The van der Waals surface area contributed by atoms with Crippen LogP contribution in [0.5, 0.6) is 11.5 Å². The van der Waals surface area contributed by atoms with Crippen LogP contribution in [0.4, 0.5) is 5.82 Å². The van der Waals surface area contributed by atoms with E-state index in [2.05, 4.69) is 55.1 Å². The Kier molecular flexibility index (Phi) is 8.54. The van der Waals surface area contributed by atoms with Crippen LogP contribution in [-0.4, -0.2) is 76.7 Å². The zero-order valence-corrected chi connectivity index (χ0v) is 26.9.